The van der Waals surface area contributed by atoms with Crippen molar-refractivity contribution < 1.29 is 4.79 Å². The van der Waals surface area contributed by atoms with Gasteiger partial charge in [0.2, 0.25) is 0 Å². The molecule has 0 fully saturated rings. The third kappa shape index (κ3) is 1.87. The summed E-state index contributed by atoms with van der Waals surface area (Å²) in [5, 5.41) is 0. The van der Waals surface area contributed by atoms with E-state index in [1.165, 1.54) is 27.1 Å². The topological polar surface area (TPSA) is 20.3 Å². The molecule has 2 aromatic carbocycles. The number of carbonyl (C=O) groups is 1. The van der Waals surface area contributed by atoms with Crippen LogP contribution < -0.4 is 4.31 Å². The van der Waals surface area contributed by atoms with Gasteiger partial charge in [-0.2, -0.15) is 0 Å². The first kappa shape index (κ1) is 12.1. The van der Waals surface area contributed by atoms with Crippen molar-refractivity contribution >= 4 is 24.4 Å². The number of nitrogens with zero attached hydrogens (tertiary/aromatic N) is 1. The minimum atomic E-state index is -0.215. The standard InChI is InChI=1S/C16H13NOS/c1-2-16(18)17(19)15-9-5-8-13-12-7-4-3-6-11(12)10-14(13)15/h2-9,19H,1,10H2. The van der Waals surface area contributed by atoms with E-state index >= 15 is 0 Å². The predicted molar refractivity (Wildman–Crippen MR) is 81.4 cm³/mol. The fourth-order valence-electron chi connectivity index (χ4n) is 2.54. The van der Waals surface area contributed by atoms with Crippen LogP contribution in [0.2, 0.25) is 0 Å². The summed E-state index contributed by atoms with van der Waals surface area (Å²) in [6, 6.07) is 14.3. The Hall–Kier alpha value is -2.00. The second kappa shape index (κ2) is 4.59. The lowest BCUT2D eigenvalue weighted by molar-refractivity contribution is -0.112. The summed E-state index contributed by atoms with van der Waals surface area (Å²) in [6.07, 6.45) is 2.11. The van der Waals surface area contributed by atoms with Crippen molar-refractivity contribution in [3.05, 3.63) is 66.2 Å². The molecule has 3 rings (SSSR count). The molecule has 1 aliphatic carbocycles. The number of thiol groups is 1. The zero-order valence-electron chi connectivity index (χ0n) is 10.3. The molecule has 0 aromatic heterocycles. The van der Waals surface area contributed by atoms with E-state index in [-0.39, 0.29) is 5.91 Å². The Morgan fingerprint density at radius 1 is 1.16 bits per heavy atom. The molecule has 0 unspecified atom stereocenters. The summed E-state index contributed by atoms with van der Waals surface area (Å²) >= 11 is 4.28. The van der Waals surface area contributed by atoms with Crippen LogP contribution in [0.4, 0.5) is 5.69 Å². The van der Waals surface area contributed by atoms with E-state index in [1.807, 2.05) is 24.3 Å². The van der Waals surface area contributed by atoms with Gasteiger partial charge in [-0.1, -0.05) is 55.8 Å². The number of benzene rings is 2. The third-order valence-corrected chi connectivity index (χ3v) is 3.85. The number of rotatable bonds is 2. The van der Waals surface area contributed by atoms with Crippen LogP contribution in [0.1, 0.15) is 11.1 Å². The summed E-state index contributed by atoms with van der Waals surface area (Å²) in [7, 11) is 0. The van der Waals surface area contributed by atoms with Gasteiger partial charge in [0, 0.05) is 6.42 Å². The molecule has 1 aliphatic rings. The molecule has 0 atom stereocenters. The van der Waals surface area contributed by atoms with Crippen LogP contribution in [-0.2, 0) is 11.2 Å². The van der Waals surface area contributed by atoms with Crippen LogP contribution in [0, 0.1) is 0 Å². The molecule has 0 radical (unpaired) electrons. The van der Waals surface area contributed by atoms with Crippen LogP contribution in [0.5, 0.6) is 0 Å². The molecule has 0 saturated heterocycles. The van der Waals surface area contributed by atoms with Gasteiger partial charge < -0.3 is 0 Å². The van der Waals surface area contributed by atoms with E-state index in [4.69, 9.17) is 0 Å². The van der Waals surface area contributed by atoms with Gasteiger partial charge in [0.25, 0.3) is 5.91 Å². The Balaban J connectivity index is 2.13. The summed E-state index contributed by atoms with van der Waals surface area (Å²) in [6.45, 7) is 3.50. The summed E-state index contributed by atoms with van der Waals surface area (Å²) in [5.41, 5.74) is 5.70. The summed E-state index contributed by atoms with van der Waals surface area (Å²) in [4.78, 5) is 11.7. The van der Waals surface area contributed by atoms with E-state index in [1.54, 1.807) is 0 Å². The van der Waals surface area contributed by atoms with E-state index in [9.17, 15) is 4.79 Å². The quantitative estimate of drug-likeness (QED) is 0.555. The van der Waals surface area contributed by atoms with Crippen molar-refractivity contribution in [3.63, 3.8) is 0 Å². The minimum Gasteiger partial charge on any atom is -0.268 e. The maximum absolute atomic E-state index is 11.7. The average molecular weight is 267 g/mol. The monoisotopic (exact) mass is 267 g/mol. The first-order chi connectivity index (χ1) is 9.22. The van der Waals surface area contributed by atoms with Gasteiger partial charge in [0.1, 0.15) is 0 Å². The molecule has 94 valence electrons. The largest absolute Gasteiger partial charge is 0.268 e. The van der Waals surface area contributed by atoms with E-state index in [0.717, 1.165) is 17.7 Å². The zero-order chi connectivity index (χ0) is 13.4. The molecule has 19 heavy (non-hydrogen) atoms. The molecular formula is C16H13NOS. The molecule has 0 aliphatic heterocycles. The molecule has 2 aromatic rings. The molecule has 0 heterocycles. The van der Waals surface area contributed by atoms with Gasteiger partial charge in [-0.05, 0) is 34.4 Å². The lowest BCUT2D eigenvalue weighted by atomic mass is 10.0. The fourth-order valence-corrected chi connectivity index (χ4v) is 2.81. The van der Waals surface area contributed by atoms with Crippen LogP contribution in [0.3, 0.4) is 0 Å². The number of hydrogen-bond acceptors (Lipinski definition) is 2. The van der Waals surface area contributed by atoms with Crippen LogP contribution in [-0.4, -0.2) is 5.91 Å². The van der Waals surface area contributed by atoms with E-state index in [2.05, 4.69) is 37.6 Å². The third-order valence-electron chi connectivity index (χ3n) is 3.44. The van der Waals surface area contributed by atoms with Gasteiger partial charge in [-0.15, -0.1) is 0 Å². The highest BCUT2D eigenvalue weighted by Crippen LogP contribution is 2.41. The lowest BCUT2D eigenvalue weighted by Crippen LogP contribution is -2.19. The lowest BCUT2D eigenvalue weighted by Gasteiger charge is -2.17. The number of hydrogen-bond donors (Lipinski definition) is 1. The highest BCUT2D eigenvalue weighted by Gasteiger charge is 2.23. The van der Waals surface area contributed by atoms with Crippen LogP contribution in [0.15, 0.2) is 55.1 Å². The van der Waals surface area contributed by atoms with Crippen LogP contribution in [0.25, 0.3) is 11.1 Å². The van der Waals surface area contributed by atoms with E-state index < -0.39 is 0 Å². The van der Waals surface area contributed by atoms with Crippen molar-refractivity contribution in [1.29, 1.82) is 0 Å². The second-order valence-electron chi connectivity index (χ2n) is 4.49. The number of fused-ring (bicyclic) bond motifs is 3. The zero-order valence-corrected chi connectivity index (χ0v) is 11.2. The molecule has 2 nitrogen and oxygen atoms in total. The van der Waals surface area contributed by atoms with Crippen molar-refractivity contribution in [2.75, 3.05) is 4.31 Å². The van der Waals surface area contributed by atoms with Gasteiger partial charge in [0.05, 0.1) is 5.69 Å². The molecule has 0 spiro atoms. The highest BCUT2D eigenvalue weighted by atomic mass is 32.1. The molecular weight excluding hydrogens is 254 g/mol. The Morgan fingerprint density at radius 2 is 1.89 bits per heavy atom. The van der Waals surface area contributed by atoms with Crippen LogP contribution >= 0.6 is 12.8 Å². The van der Waals surface area contributed by atoms with Crippen molar-refractivity contribution in [3.8, 4) is 11.1 Å². The Morgan fingerprint density at radius 3 is 2.68 bits per heavy atom. The summed E-state index contributed by atoms with van der Waals surface area (Å²) < 4.78 is 1.36. The van der Waals surface area contributed by atoms with E-state index in [0.29, 0.717) is 0 Å². The van der Waals surface area contributed by atoms with Gasteiger partial charge >= 0.3 is 0 Å². The molecule has 3 heteroatoms. The molecule has 0 saturated carbocycles. The van der Waals surface area contributed by atoms with Gasteiger partial charge in [-0.3, -0.25) is 9.10 Å². The molecule has 1 amide bonds. The number of carbonyl (C=O) groups excluding carboxylic acids is 1. The van der Waals surface area contributed by atoms with Gasteiger partial charge in [-0.25, -0.2) is 0 Å². The molecule has 0 N–H and O–H groups in total. The maximum Gasteiger partial charge on any atom is 0.260 e. The SMILES string of the molecule is C=CC(=O)N(S)c1cccc2c1Cc1ccccc1-2. The van der Waals surface area contributed by atoms with Crippen molar-refractivity contribution in [1.82, 2.24) is 0 Å². The van der Waals surface area contributed by atoms with Gasteiger partial charge in [0.15, 0.2) is 0 Å². The average Bonchev–Trinajstić information content (AvgIpc) is 2.84. The van der Waals surface area contributed by atoms with Crippen molar-refractivity contribution in [2.24, 2.45) is 0 Å². The van der Waals surface area contributed by atoms with Crippen molar-refractivity contribution in [2.45, 2.75) is 6.42 Å². The molecule has 0 bridgehead atoms. The highest BCUT2D eigenvalue weighted by molar-refractivity contribution is 7.82. The Kier molecular flexibility index (Phi) is 2.91. The minimum absolute atomic E-state index is 0.215. The predicted octanol–water partition coefficient (Wildman–Crippen LogP) is 3.62. The Labute approximate surface area is 117 Å². The Bertz CT molecular complexity index is 678. The normalized spacial score (nSPS) is 11.6. The number of amides is 1. The smallest absolute Gasteiger partial charge is 0.260 e. The maximum atomic E-state index is 11.7. The first-order valence-electron chi connectivity index (χ1n) is 6.08. The summed E-state index contributed by atoms with van der Waals surface area (Å²) in [5.74, 6) is -0.215. The second-order valence-corrected chi connectivity index (χ2v) is 4.89. The fraction of sp³-hybridized carbons (Fsp3) is 0.0625. The number of anilines is 1. The first-order valence-corrected chi connectivity index (χ1v) is 6.48.